The minimum absolute atomic E-state index is 0.00577. The third-order valence-electron chi connectivity index (χ3n) is 19.1. The van der Waals surface area contributed by atoms with Crippen molar-refractivity contribution in [3.05, 3.63) is 12.2 Å². The number of allylic oxidation sites excluding steroid dienone is 2. The maximum absolute atomic E-state index is 13.7. The van der Waals surface area contributed by atoms with Crippen molar-refractivity contribution in [3.63, 3.8) is 0 Å². The van der Waals surface area contributed by atoms with Gasteiger partial charge in [-0.2, -0.15) is 0 Å². The van der Waals surface area contributed by atoms with Crippen LogP contribution in [0.4, 0.5) is 0 Å². The van der Waals surface area contributed by atoms with Gasteiger partial charge in [-0.3, -0.25) is 24.0 Å². The van der Waals surface area contributed by atoms with Gasteiger partial charge >= 0.3 is 0 Å². The van der Waals surface area contributed by atoms with Gasteiger partial charge in [0.25, 0.3) is 0 Å². The molecule has 5 fully saturated rings. The van der Waals surface area contributed by atoms with E-state index in [-0.39, 0.29) is 73.1 Å². The topological polar surface area (TPSA) is 156 Å². The second-order valence-electron chi connectivity index (χ2n) is 24.1. The summed E-state index contributed by atoms with van der Waals surface area (Å²) >= 11 is 0. The van der Waals surface area contributed by atoms with E-state index in [1.807, 2.05) is 0 Å². The van der Waals surface area contributed by atoms with Crippen LogP contribution in [0.15, 0.2) is 12.2 Å². The lowest BCUT2D eigenvalue weighted by Crippen LogP contribution is -2.55. The van der Waals surface area contributed by atoms with Gasteiger partial charge in [0.1, 0.15) is 5.78 Å². The van der Waals surface area contributed by atoms with Gasteiger partial charge in [0.15, 0.2) is 0 Å². The van der Waals surface area contributed by atoms with E-state index in [0.29, 0.717) is 80.8 Å². The predicted octanol–water partition coefficient (Wildman–Crippen LogP) is 10.9. The second kappa shape index (κ2) is 29.8. The number of unbranched alkanes of at least 4 members (excludes halogenated alkanes) is 13. The van der Waals surface area contributed by atoms with Crippen LogP contribution in [0.3, 0.4) is 0 Å². The summed E-state index contributed by atoms with van der Waals surface area (Å²) < 4.78 is 0. The van der Waals surface area contributed by atoms with Crippen molar-refractivity contribution in [2.75, 3.05) is 39.4 Å². The van der Waals surface area contributed by atoms with E-state index in [1.165, 1.54) is 127 Å². The van der Waals surface area contributed by atoms with Gasteiger partial charge < -0.3 is 30.6 Å². The quantitative estimate of drug-likeness (QED) is 0.0386. The molecule has 11 atom stereocenters. The Morgan fingerprint density at radius 3 is 2.06 bits per heavy atom. The van der Waals surface area contributed by atoms with Crippen molar-refractivity contribution in [2.45, 2.75) is 239 Å². The minimum atomic E-state index is -0.273. The Kier molecular flexibility index (Phi) is 24.7. The highest BCUT2D eigenvalue weighted by Crippen LogP contribution is 2.68. The molecule has 4 amide bonds. The normalized spacial score (nSPS) is 29.8. The molecular weight excluding hydrogens is 877 g/mol. The van der Waals surface area contributed by atoms with Crippen molar-refractivity contribution < 1.29 is 34.2 Å². The molecular formula is C59H102N4O7. The highest BCUT2D eigenvalue weighted by Gasteiger charge is 2.60. The summed E-state index contributed by atoms with van der Waals surface area (Å²) in [6.07, 6.45) is 37.2. The van der Waals surface area contributed by atoms with E-state index < -0.39 is 0 Å². The Hall–Kier alpha value is -2.79. The van der Waals surface area contributed by atoms with E-state index in [9.17, 15) is 34.2 Å². The van der Waals surface area contributed by atoms with Crippen LogP contribution < -0.4 is 10.6 Å². The van der Waals surface area contributed by atoms with Crippen molar-refractivity contribution in [3.8, 4) is 0 Å². The Bertz CT molecular complexity index is 1650. The van der Waals surface area contributed by atoms with Crippen LogP contribution in [0.2, 0.25) is 0 Å². The number of Topliss-reactive ketones (excluding diaryl/α,β-unsaturated/α-hetero) is 1. The molecule has 0 aromatic heterocycles. The number of carbonyl (C=O) groups excluding carboxylic acids is 5. The molecule has 11 heteroatoms. The first kappa shape index (κ1) is 58.1. The predicted molar refractivity (Wildman–Crippen MR) is 282 cm³/mol. The summed E-state index contributed by atoms with van der Waals surface area (Å²) in [6, 6.07) is 0.0985. The number of rotatable bonds is 32. The molecule has 5 rings (SSSR count). The maximum atomic E-state index is 13.7. The lowest BCUT2D eigenvalue weighted by atomic mass is 9.44. The highest BCUT2D eigenvalue weighted by molar-refractivity contribution is 5.89. The Labute approximate surface area is 425 Å². The number of aliphatic hydroxyl groups is 2. The molecule has 70 heavy (non-hydrogen) atoms. The summed E-state index contributed by atoms with van der Waals surface area (Å²) in [7, 11) is 0. The molecule has 1 saturated heterocycles. The van der Waals surface area contributed by atoms with Gasteiger partial charge in [0, 0.05) is 50.9 Å². The summed E-state index contributed by atoms with van der Waals surface area (Å²) in [4.78, 5) is 67.9. The van der Waals surface area contributed by atoms with Gasteiger partial charge in [-0.1, -0.05) is 97.6 Å². The molecule has 4 aliphatic carbocycles. The molecule has 11 nitrogen and oxygen atoms in total. The summed E-state index contributed by atoms with van der Waals surface area (Å²) in [5, 5.41) is 25.5. The van der Waals surface area contributed by atoms with E-state index >= 15 is 0 Å². The number of nitrogens with zero attached hydrogens (tertiary/aromatic N) is 2. The summed E-state index contributed by atoms with van der Waals surface area (Å²) in [6.45, 7) is 11.9. The number of hydrogen-bond donors (Lipinski definition) is 4. The maximum Gasteiger partial charge on any atom is 0.239 e. The highest BCUT2D eigenvalue weighted by atomic mass is 16.3. The molecule has 0 bridgehead atoms. The van der Waals surface area contributed by atoms with E-state index in [4.69, 9.17) is 0 Å². The van der Waals surface area contributed by atoms with Crippen LogP contribution in [0.5, 0.6) is 0 Å². The van der Waals surface area contributed by atoms with Crippen molar-refractivity contribution >= 4 is 29.4 Å². The van der Waals surface area contributed by atoms with Gasteiger partial charge in [-0.25, -0.2) is 0 Å². The third kappa shape index (κ3) is 16.9. The lowest BCUT2D eigenvalue weighted by molar-refractivity contribution is -0.139. The number of amides is 4. The fourth-order valence-corrected chi connectivity index (χ4v) is 15.0. The zero-order valence-electron chi connectivity index (χ0n) is 45.1. The smallest absolute Gasteiger partial charge is 0.239 e. The second-order valence-corrected chi connectivity index (χ2v) is 24.1. The number of likely N-dealkylation sites (tertiary alicyclic amines) is 1. The minimum Gasteiger partial charge on any atom is -0.396 e. The Balaban J connectivity index is 0.966. The van der Waals surface area contributed by atoms with Crippen LogP contribution in [0, 0.1) is 52.3 Å². The molecule has 4 N–H and O–H groups in total. The number of ketones is 1. The molecule has 0 spiro atoms. The molecule has 400 valence electrons. The number of nitrogens with one attached hydrogen (secondary N) is 2. The Morgan fingerprint density at radius 2 is 1.36 bits per heavy atom. The lowest BCUT2D eigenvalue weighted by Gasteiger charge is -2.61. The summed E-state index contributed by atoms with van der Waals surface area (Å²) in [5.41, 5.74) is 0.621. The third-order valence-corrected chi connectivity index (χ3v) is 19.1. The van der Waals surface area contributed by atoms with Gasteiger partial charge in [0.2, 0.25) is 23.6 Å². The van der Waals surface area contributed by atoms with Crippen molar-refractivity contribution in [1.82, 2.24) is 20.4 Å². The average Bonchev–Trinajstić information content (AvgIpc) is 3.94. The molecule has 5 aliphatic rings. The fourth-order valence-electron chi connectivity index (χ4n) is 15.0. The number of hydrogen-bond acceptors (Lipinski definition) is 7. The van der Waals surface area contributed by atoms with Gasteiger partial charge in [0.05, 0.1) is 25.7 Å². The van der Waals surface area contributed by atoms with Crippen LogP contribution in [0.1, 0.15) is 227 Å². The van der Waals surface area contributed by atoms with Crippen LogP contribution in [0.25, 0.3) is 0 Å². The fraction of sp³-hybridized carbons (Fsp3) is 0.881. The molecule has 0 aromatic carbocycles. The van der Waals surface area contributed by atoms with Crippen molar-refractivity contribution in [2.24, 2.45) is 52.3 Å². The number of carbonyl (C=O) groups is 5. The van der Waals surface area contributed by atoms with E-state index in [2.05, 4.69) is 50.5 Å². The molecule has 4 saturated carbocycles. The SMILES string of the molecule is CCCCCCCC/C=C\CCCCCCCC(=O)N[C@H]1CC[C@@]2(C)C(CCC3C2CC[C@@]2(C)C3CC[C@@H]2[C@H](C)CCC(=O)N(CC(C)=O)CC(=O)NCCCCCC(=O)N2C[C@H](CO)C[C@H]2CO)C1. The molecule has 1 heterocycles. The largest absolute Gasteiger partial charge is 0.396 e. The summed E-state index contributed by atoms with van der Waals surface area (Å²) in [5.74, 6) is 3.59. The number of aliphatic hydroxyl groups excluding tert-OH is 2. The standard InChI is InChI=1S/C59H102N4O7/c1-6-7-8-9-10-11-12-13-14-15-16-17-18-19-21-24-54(67)61-48-32-34-58(4)47(38-48)27-28-50-52-30-29-51(59(52,5)35-33-53(50)58)44(2)26-31-56(69)62(39-45(3)66)41-55(68)60-36-23-20-22-25-57(70)63-40-46(42-64)37-49(63)43-65/h13-14,44,46-53,64-65H,6-12,15-43H2,1-5H3,(H,60,68)(H,61,67)/b14-13-/t44-,46-,47?,48+,49+,50?,51-,52?,53?,58+,59-/m1/s1. The van der Waals surface area contributed by atoms with Crippen LogP contribution in [-0.4, -0.2) is 101 Å². The average molecular weight is 979 g/mol. The Morgan fingerprint density at radius 1 is 0.700 bits per heavy atom. The molecule has 0 aromatic rings. The van der Waals surface area contributed by atoms with Crippen LogP contribution >= 0.6 is 0 Å². The monoisotopic (exact) mass is 979 g/mol. The van der Waals surface area contributed by atoms with Crippen molar-refractivity contribution in [1.29, 1.82) is 0 Å². The first-order valence-electron chi connectivity index (χ1n) is 29.2. The molecule has 4 unspecified atom stereocenters. The zero-order chi connectivity index (χ0) is 50.5. The van der Waals surface area contributed by atoms with E-state index in [0.717, 1.165) is 56.3 Å². The van der Waals surface area contributed by atoms with Crippen LogP contribution in [-0.2, 0) is 24.0 Å². The first-order valence-corrected chi connectivity index (χ1v) is 29.2. The number of fused-ring (bicyclic) bond motifs is 5. The molecule has 1 aliphatic heterocycles. The van der Waals surface area contributed by atoms with Gasteiger partial charge in [-0.15, -0.1) is 0 Å². The van der Waals surface area contributed by atoms with Gasteiger partial charge in [-0.05, 0) is 169 Å². The molecule has 0 radical (unpaired) electrons. The van der Waals surface area contributed by atoms with E-state index in [1.54, 1.807) is 4.90 Å². The first-order chi connectivity index (χ1) is 33.7. The zero-order valence-corrected chi connectivity index (χ0v) is 45.1.